The first-order valence-corrected chi connectivity index (χ1v) is 8.85. The van der Waals surface area contributed by atoms with E-state index >= 15 is 0 Å². The zero-order chi connectivity index (χ0) is 16.7. The van der Waals surface area contributed by atoms with Crippen LogP contribution in [0.25, 0.3) is 0 Å². The second kappa shape index (κ2) is 9.17. The molecule has 0 bridgehead atoms. The molecule has 3 rings (SSSR count). The molecule has 1 saturated heterocycles. The molecular formula is C19H23Cl2NO. The normalized spacial score (nSPS) is 16.6. The monoisotopic (exact) mass is 351 g/mol. The average Bonchev–Trinajstić information content (AvgIpc) is 3.11. The zero-order valence-corrected chi connectivity index (χ0v) is 15.1. The van der Waals surface area contributed by atoms with Crippen LogP contribution in [0.2, 0.25) is 10.0 Å². The smallest absolute Gasteiger partial charge is 0.138 e. The van der Waals surface area contributed by atoms with Crippen LogP contribution in [0.4, 0.5) is 0 Å². The first kappa shape index (κ1) is 18.1. The van der Waals surface area contributed by atoms with Gasteiger partial charge in [0.15, 0.2) is 0 Å². The predicted molar refractivity (Wildman–Crippen MR) is 98.8 cm³/mol. The maximum absolute atomic E-state index is 6.11. The van der Waals surface area contributed by atoms with E-state index in [-0.39, 0.29) is 0 Å². The van der Waals surface area contributed by atoms with Crippen molar-refractivity contribution in [3.8, 4) is 5.75 Å². The van der Waals surface area contributed by atoms with Crippen molar-refractivity contribution in [1.82, 2.24) is 5.32 Å². The Morgan fingerprint density at radius 1 is 1.13 bits per heavy atom. The molecule has 1 atom stereocenters. The molecule has 1 aliphatic heterocycles. The summed E-state index contributed by atoms with van der Waals surface area (Å²) in [6.07, 6.45) is 1.20. The van der Waals surface area contributed by atoms with Gasteiger partial charge in [0.1, 0.15) is 12.4 Å². The minimum atomic E-state index is 0.509. The molecule has 2 nitrogen and oxygen atoms in total. The highest BCUT2D eigenvalue weighted by molar-refractivity contribution is 6.35. The highest BCUT2D eigenvalue weighted by Crippen LogP contribution is 2.29. The van der Waals surface area contributed by atoms with E-state index in [0.717, 1.165) is 18.7 Å². The fraction of sp³-hybridized carbons (Fsp3) is 0.368. The minimum absolute atomic E-state index is 0.509. The summed E-state index contributed by atoms with van der Waals surface area (Å²) in [4.78, 5) is 0. The molecule has 0 radical (unpaired) electrons. The fourth-order valence-corrected chi connectivity index (χ4v) is 3.09. The van der Waals surface area contributed by atoms with Crippen LogP contribution in [0.3, 0.4) is 0 Å². The number of ether oxygens (including phenoxy) is 1. The van der Waals surface area contributed by atoms with Gasteiger partial charge in [0.05, 0.1) is 5.02 Å². The summed E-state index contributed by atoms with van der Waals surface area (Å²) in [5, 5.41) is 4.55. The molecule has 0 amide bonds. The van der Waals surface area contributed by atoms with E-state index in [0.29, 0.717) is 28.3 Å². The van der Waals surface area contributed by atoms with Crippen molar-refractivity contribution in [2.24, 2.45) is 0 Å². The van der Waals surface area contributed by atoms with Crippen molar-refractivity contribution < 1.29 is 4.74 Å². The summed E-state index contributed by atoms with van der Waals surface area (Å²) in [6.45, 7) is 6.68. The van der Waals surface area contributed by atoms with E-state index < -0.39 is 0 Å². The van der Waals surface area contributed by atoms with Crippen LogP contribution in [0.5, 0.6) is 5.75 Å². The molecule has 23 heavy (non-hydrogen) atoms. The van der Waals surface area contributed by atoms with Gasteiger partial charge in [0.25, 0.3) is 0 Å². The Bertz CT molecular complexity index is 625. The first-order valence-electron chi connectivity index (χ1n) is 8.10. The molecule has 0 spiro atoms. The van der Waals surface area contributed by atoms with Crippen molar-refractivity contribution >= 4 is 23.2 Å². The zero-order valence-electron chi connectivity index (χ0n) is 13.6. The second-order valence-electron chi connectivity index (χ2n) is 5.30. The molecule has 1 aliphatic rings. The van der Waals surface area contributed by atoms with Crippen LogP contribution < -0.4 is 10.1 Å². The Hall–Kier alpha value is -1.22. The van der Waals surface area contributed by atoms with Crippen molar-refractivity contribution in [3.63, 3.8) is 0 Å². The lowest BCUT2D eigenvalue weighted by atomic mass is 9.97. The van der Waals surface area contributed by atoms with Crippen LogP contribution in [0.15, 0.2) is 42.5 Å². The van der Waals surface area contributed by atoms with Crippen LogP contribution >= 0.6 is 23.2 Å². The topological polar surface area (TPSA) is 21.3 Å². The van der Waals surface area contributed by atoms with Gasteiger partial charge < -0.3 is 10.1 Å². The molecule has 0 aromatic heterocycles. The van der Waals surface area contributed by atoms with E-state index in [9.17, 15) is 0 Å². The van der Waals surface area contributed by atoms with Gasteiger partial charge in [-0.1, -0.05) is 61.3 Å². The molecule has 0 saturated carbocycles. The molecule has 1 unspecified atom stereocenters. The molecule has 4 heteroatoms. The summed E-state index contributed by atoms with van der Waals surface area (Å²) in [7, 11) is 0. The summed E-state index contributed by atoms with van der Waals surface area (Å²) in [5.74, 6) is 1.28. The molecule has 1 heterocycles. The van der Waals surface area contributed by atoms with Gasteiger partial charge >= 0.3 is 0 Å². The van der Waals surface area contributed by atoms with Crippen LogP contribution in [0.1, 0.15) is 37.3 Å². The van der Waals surface area contributed by atoms with Gasteiger partial charge in [0, 0.05) is 11.6 Å². The number of halogens is 2. The van der Waals surface area contributed by atoms with E-state index in [1.807, 2.05) is 13.8 Å². The number of nitrogens with one attached hydrogen (secondary N) is 1. The molecule has 1 fully saturated rings. The maximum atomic E-state index is 6.11. The van der Waals surface area contributed by atoms with Crippen molar-refractivity contribution in [3.05, 3.63) is 63.6 Å². The molecule has 2 aromatic rings. The summed E-state index contributed by atoms with van der Waals surface area (Å²) >= 11 is 12.0. The van der Waals surface area contributed by atoms with Gasteiger partial charge in [-0.25, -0.2) is 0 Å². The number of benzene rings is 2. The van der Waals surface area contributed by atoms with Gasteiger partial charge in [-0.2, -0.15) is 0 Å². The van der Waals surface area contributed by atoms with E-state index in [1.54, 1.807) is 18.2 Å². The molecular weight excluding hydrogens is 329 g/mol. The molecule has 2 aromatic carbocycles. The lowest BCUT2D eigenvalue weighted by Gasteiger charge is -2.12. The standard InChI is InChI=1S/C17H17Cl2NO.C2H6/c18-15-4-5-17(16(19)9-15)21-11-12-2-1-3-13(8-12)14-6-7-20-10-14;1-2/h1-5,8-9,14,20H,6-7,10-11H2;1-2H3. The molecule has 124 valence electrons. The third-order valence-electron chi connectivity index (χ3n) is 3.77. The van der Waals surface area contributed by atoms with Crippen LogP contribution in [-0.2, 0) is 6.61 Å². The Morgan fingerprint density at radius 3 is 2.65 bits per heavy atom. The molecule has 1 N–H and O–H groups in total. The summed E-state index contributed by atoms with van der Waals surface area (Å²) < 4.78 is 5.79. The lowest BCUT2D eigenvalue weighted by molar-refractivity contribution is 0.306. The van der Waals surface area contributed by atoms with E-state index in [1.165, 1.54) is 12.0 Å². The van der Waals surface area contributed by atoms with Crippen molar-refractivity contribution in [2.45, 2.75) is 32.8 Å². The summed E-state index contributed by atoms with van der Waals surface area (Å²) in [6, 6.07) is 13.9. The van der Waals surface area contributed by atoms with E-state index in [2.05, 4.69) is 29.6 Å². The van der Waals surface area contributed by atoms with Crippen molar-refractivity contribution in [1.29, 1.82) is 0 Å². The number of rotatable bonds is 4. The Labute approximate surface area is 148 Å². The van der Waals surface area contributed by atoms with E-state index in [4.69, 9.17) is 27.9 Å². The predicted octanol–water partition coefficient (Wildman–Crippen LogP) is 5.68. The molecule has 0 aliphatic carbocycles. The average molecular weight is 352 g/mol. The largest absolute Gasteiger partial charge is 0.487 e. The lowest BCUT2D eigenvalue weighted by Crippen LogP contribution is -2.08. The second-order valence-corrected chi connectivity index (χ2v) is 6.14. The summed E-state index contributed by atoms with van der Waals surface area (Å²) in [5.41, 5.74) is 2.54. The van der Waals surface area contributed by atoms with Crippen LogP contribution in [0, 0.1) is 0 Å². The number of hydrogen-bond acceptors (Lipinski definition) is 2. The highest BCUT2D eigenvalue weighted by Gasteiger charge is 2.16. The Kier molecular flexibility index (Phi) is 7.22. The third kappa shape index (κ3) is 5.13. The Morgan fingerprint density at radius 2 is 1.96 bits per heavy atom. The van der Waals surface area contributed by atoms with Gasteiger partial charge in [-0.05, 0) is 48.2 Å². The maximum Gasteiger partial charge on any atom is 0.138 e. The Balaban J connectivity index is 0.000000924. The van der Waals surface area contributed by atoms with Crippen LogP contribution in [-0.4, -0.2) is 13.1 Å². The van der Waals surface area contributed by atoms with Gasteiger partial charge in [-0.3, -0.25) is 0 Å². The SMILES string of the molecule is CC.Clc1ccc(OCc2cccc(C3CCNC3)c2)c(Cl)c1. The van der Waals surface area contributed by atoms with Gasteiger partial charge in [-0.15, -0.1) is 0 Å². The first-order chi connectivity index (χ1) is 11.2. The minimum Gasteiger partial charge on any atom is -0.487 e. The number of hydrogen-bond donors (Lipinski definition) is 1. The highest BCUT2D eigenvalue weighted by atomic mass is 35.5. The van der Waals surface area contributed by atoms with Crippen molar-refractivity contribution in [2.75, 3.05) is 13.1 Å². The fourth-order valence-electron chi connectivity index (χ4n) is 2.63. The van der Waals surface area contributed by atoms with Gasteiger partial charge in [0.2, 0.25) is 0 Å². The third-order valence-corrected chi connectivity index (χ3v) is 4.30. The quantitative estimate of drug-likeness (QED) is 0.765.